The summed E-state index contributed by atoms with van der Waals surface area (Å²) in [7, 11) is 0. The fourth-order valence-corrected chi connectivity index (χ4v) is 9.33. The fourth-order valence-electron chi connectivity index (χ4n) is 9.33. The zero-order valence-electron chi connectivity index (χ0n) is 35.5. The number of hydrogen-bond acceptors (Lipinski definition) is 4. The molecule has 6 aromatic carbocycles. The zero-order valence-corrected chi connectivity index (χ0v) is 35.5. The van der Waals surface area contributed by atoms with E-state index in [0.29, 0.717) is 24.0 Å². The van der Waals surface area contributed by atoms with Crippen LogP contribution in [-0.2, 0) is 5.41 Å². The number of anilines is 2. The summed E-state index contributed by atoms with van der Waals surface area (Å²) in [5.41, 5.74) is 15.4. The molecule has 2 aliphatic rings. The number of nitrogens with zero attached hydrogens (tertiary/aromatic N) is 5. The summed E-state index contributed by atoms with van der Waals surface area (Å²) in [5.74, 6) is 1.83. The smallest absolute Gasteiger partial charge is 0.238 e. The third-order valence-corrected chi connectivity index (χ3v) is 12.3. The Labute approximate surface area is 363 Å². The van der Waals surface area contributed by atoms with Gasteiger partial charge in [0.1, 0.15) is 0 Å². The summed E-state index contributed by atoms with van der Waals surface area (Å²) in [4.78, 5) is 18.5. The van der Waals surface area contributed by atoms with Gasteiger partial charge in [0.05, 0.1) is 16.7 Å². The molecule has 0 spiro atoms. The molecular weight excluding hydrogens is 755 g/mol. The Balaban J connectivity index is 1.24. The van der Waals surface area contributed by atoms with Crippen LogP contribution < -0.4 is 4.90 Å². The van der Waals surface area contributed by atoms with Gasteiger partial charge < -0.3 is 4.90 Å². The van der Waals surface area contributed by atoms with Crippen molar-refractivity contribution in [2.75, 3.05) is 4.90 Å². The predicted octanol–water partition coefficient (Wildman–Crippen LogP) is 14.7. The molecule has 0 N–H and O–H groups in total. The van der Waals surface area contributed by atoms with Crippen LogP contribution in [0.5, 0.6) is 0 Å². The van der Waals surface area contributed by atoms with Crippen molar-refractivity contribution >= 4 is 50.4 Å². The van der Waals surface area contributed by atoms with Gasteiger partial charge in [-0.15, -0.1) is 0 Å². The van der Waals surface area contributed by atoms with Crippen LogP contribution >= 0.6 is 0 Å². The molecule has 4 heterocycles. The van der Waals surface area contributed by atoms with Gasteiger partial charge in [-0.05, 0) is 102 Å². The van der Waals surface area contributed by atoms with Gasteiger partial charge in [0.25, 0.3) is 0 Å². The number of fused-ring (bicyclic) bond motifs is 8. The van der Waals surface area contributed by atoms with E-state index in [1.807, 2.05) is 31.2 Å². The highest BCUT2D eigenvalue weighted by molar-refractivity contribution is 6.11. The molecule has 300 valence electrons. The van der Waals surface area contributed by atoms with Crippen LogP contribution in [0, 0.1) is 0 Å². The van der Waals surface area contributed by atoms with Gasteiger partial charge in [-0.2, -0.15) is 9.97 Å². The molecule has 0 aliphatic carbocycles. The second-order valence-corrected chi connectivity index (χ2v) is 16.5. The molecule has 62 heavy (non-hydrogen) atoms. The summed E-state index contributed by atoms with van der Waals surface area (Å²) in [5, 5.41) is 2.23. The van der Waals surface area contributed by atoms with E-state index in [1.54, 1.807) is 0 Å². The van der Waals surface area contributed by atoms with Crippen LogP contribution in [0.4, 0.5) is 11.4 Å². The molecule has 0 amide bonds. The molecule has 0 fully saturated rings. The van der Waals surface area contributed by atoms with Crippen molar-refractivity contribution in [2.45, 2.75) is 39.5 Å². The SMILES string of the molecule is C=C/C=C(\C=C/C)c1ccc2c(c1)c1cc(-c3ccccc3)ccc1n2-c1nc(/C2=C/C3=C(C)N(c4ccccc4/C=C/C2)c2ccccc2C3(C)C)nc(-c2ccccc2)n1. The van der Waals surface area contributed by atoms with E-state index in [0.717, 1.165) is 66.5 Å². The molecule has 0 saturated carbocycles. The molecule has 5 nitrogen and oxygen atoms in total. The number of benzene rings is 6. The maximum absolute atomic E-state index is 5.48. The van der Waals surface area contributed by atoms with Gasteiger partial charge in [0, 0.05) is 38.7 Å². The molecule has 2 bridgehead atoms. The number of rotatable bonds is 7. The van der Waals surface area contributed by atoms with Crippen molar-refractivity contribution in [2.24, 2.45) is 0 Å². The van der Waals surface area contributed by atoms with Gasteiger partial charge in [-0.3, -0.25) is 4.57 Å². The van der Waals surface area contributed by atoms with Crippen molar-refractivity contribution < 1.29 is 0 Å². The summed E-state index contributed by atoms with van der Waals surface area (Å²) >= 11 is 0. The monoisotopic (exact) mass is 801 g/mol. The average molecular weight is 802 g/mol. The minimum absolute atomic E-state index is 0.300. The van der Waals surface area contributed by atoms with Gasteiger partial charge in [-0.25, -0.2) is 4.98 Å². The predicted molar refractivity (Wildman–Crippen MR) is 260 cm³/mol. The second kappa shape index (κ2) is 15.8. The third kappa shape index (κ3) is 6.63. The first-order valence-corrected chi connectivity index (χ1v) is 21.3. The van der Waals surface area contributed by atoms with Crippen LogP contribution in [0.25, 0.3) is 67.5 Å². The Morgan fingerprint density at radius 2 is 1.34 bits per heavy atom. The highest BCUT2D eigenvalue weighted by atomic mass is 15.2. The van der Waals surface area contributed by atoms with E-state index < -0.39 is 0 Å². The Bertz CT molecular complexity index is 3210. The Kier molecular flexibility index (Phi) is 9.80. The largest absolute Gasteiger partial charge is 0.313 e. The minimum Gasteiger partial charge on any atom is -0.313 e. The van der Waals surface area contributed by atoms with Crippen LogP contribution in [-0.4, -0.2) is 19.5 Å². The first-order valence-electron chi connectivity index (χ1n) is 21.3. The lowest BCUT2D eigenvalue weighted by Gasteiger charge is -2.43. The number of aromatic nitrogens is 4. The summed E-state index contributed by atoms with van der Waals surface area (Å²) < 4.78 is 2.22. The summed E-state index contributed by atoms with van der Waals surface area (Å²) in [6.45, 7) is 13.0. The second-order valence-electron chi connectivity index (χ2n) is 16.5. The Hall–Kier alpha value is -7.63. The first-order chi connectivity index (χ1) is 30.3. The highest BCUT2D eigenvalue weighted by Gasteiger charge is 2.37. The van der Waals surface area contributed by atoms with Crippen molar-refractivity contribution in [3.05, 3.63) is 222 Å². The maximum atomic E-state index is 5.48. The summed E-state index contributed by atoms with van der Waals surface area (Å²) in [6, 6.07) is 51.7. The highest BCUT2D eigenvalue weighted by Crippen LogP contribution is 2.50. The molecule has 10 rings (SSSR count). The first kappa shape index (κ1) is 38.6. The zero-order chi connectivity index (χ0) is 42.4. The summed E-state index contributed by atoms with van der Waals surface area (Å²) in [6.07, 6.45) is 15.6. The van der Waals surface area contributed by atoms with Gasteiger partial charge >= 0.3 is 0 Å². The van der Waals surface area contributed by atoms with Gasteiger partial charge in [0.2, 0.25) is 5.95 Å². The van der Waals surface area contributed by atoms with Gasteiger partial charge in [-0.1, -0.05) is 166 Å². The number of hydrogen-bond donors (Lipinski definition) is 0. The molecule has 2 aromatic heterocycles. The molecule has 5 heteroatoms. The maximum Gasteiger partial charge on any atom is 0.238 e. The fraction of sp³-hybridized carbons (Fsp3) is 0.105. The molecule has 8 aromatic rings. The molecular formula is C57H47N5. The molecule has 2 aliphatic heterocycles. The third-order valence-electron chi connectivity index (χ3n) is 12.3. The molecule has 0 saturated heterocycles. The normalized spacial score (nSPS) is 16.2. The minimum atomic E-state index is -0.300. The van der Waals surface area contributed by atoms with E-state index in [1.165, 1.54) is 22.5 Å². The molecule has 0 radical (unpaired) electrons. The van der Waals surface area contributed by atoms with Crippen molar-refractivity contribution in [3.63, 3.8) is 0 Å². The lowest BCUT2D eigenvalue weighted by atomic mass is 9.72. The van der Waals surface area contributed by atoms with Crippen molar-refractivity contribution in [3.8, 4) is 28.5 Å². The van der Waals surface area contributed by atoms with Crippen LogP contribution in [0.15, 0.2) is 200 Å². The molecule has 0 atom stereocenters. The number of allylic oxidation sites excluding steroid dienone is 10. The lowest BCUT2D eigenvalue weighted by Crippen LogP contribution is -2.33. The standard InChI is InChI=1S/C57H47N5/c1-6-19-39(20-7-2)43-31-33-51-46(35-43)47-36-44(40-21-10-8-11-22-40)32-34-52(47)62(51)56-59-54(42-24-12-9-13-25-42)58-55(60-56)45-27-18-26-41-23-14-16-29-50(41)61-38(3)49(37-45)57(4,5)48-28-15-17-30-53(48)61/h6-26,28-37H,1,27H2,2-5H3/b20-7-,26-18+,39-19+,45-37+. The Morgan fingerprint density at radius 3 is 2.10 bits per heavy atom. The van der Waals surface area contributed by atoms with E-state index in [9.17, 15) is 0 Å². The number of para-hydroxylation sites is 2. The van der Waals surface area contributed by atoms with Crippen LogP contribution in [0.1, 0.15) is 56.6 Å². The average Bonchev–Trinajstić information content (AvgIpc) is 3.63. The van der Waals surface area contributed by atoms with Crippen molar-refractivity contribution in [1.82, 2.24) is 19.5 Å². The quantitative estimate of drug-likeness (QED) is 0.151. The van der Waals surface area contributed by atoms with E-state index in [4.69, 9.17) is 15.0 Å². The van der Waals surface area contributed by atoms with Crippen LogP contribution in [0.3, 0.4) is 0 Å². The van der Waals surface area contributed by atoms with Crippen molar-refractivity contribution in [1.29, 1.82) is 0 Å². The van der Waals surface area contributed by atoms with E-state index in [-0.39, 0.29) is 5.41 Å². The Morgan fingerprint density at radius 1 is 0.677 bits per heavy atom. The molecule has 0 unspecified atom stereocenters. The van der Waals surface area contributed by atoms with Crippen LogP contribution in [0.2, 0.25) is 0 Å². The van der Waals surface area contributed by atoms with E-state index >= 15 is 0 Å². The topological polar surface area (TPSA) is 46.8 Å². The van der Waals surface area contributed by atoms with E-state index in [2.05, 4.69) is 201 Å². The van der Waals surface area contributed by atoms with Gasteiger partial charge in [0.15, 0.2) is 11.6 Å². The lowest BCUT2D eigenvalue weighted by molar-refractivity contribution is 0.617.